The Morgan fingerprint density at radius 2 is 2.16 bits per heavy atom. The van der Waals surface area contributed by atoms with E-state index < -0.39 is 5.97 Å². The van der Waals surface area contributed by atoms with Crippen molar-refractivity contribution >= 4 is 23.2 Å². The number of furan rings is 1. The topological polar surface area (TPSA) is 92.9 Å². The summed E-state index contributed by atoms with van der Waals surface area (Å²) in [5.41, 5.74) is 0.781. The molecule has 2 aromatic heterocycles. The number of aromatic carboxylic acids is 1. The van der Waals surface area contributed by atoms with E-state index in [-0.39, 0.29) is 23.3 Å². The molecule has 25 heavy (non-hydrogen) atoms. The summed E-state index contributed by atoms with van der Waals surface area (Å²) >= 11 is 1.49. The monoisotopic (exact) mass is 366 g/mol. The van der Waals surface area contributed by atoms with E-state index in [2.05, 4.69) is 4.98 Å². The predicted molar refractivity (Wildman–Crippen MR) is 93.0 cm³/mol. The van der Waals surface area contributed by atoms with E-state index in [0.717, 1.165) is 10.7 Å². The van der Waals surface area contributed by atoms with Crippen LogP contribution >= 0.6 is 11.3 Å². The molecule has 0 fully saturated rings. The second kappa shape index (κ2) is 8.26. The molecular formula is C17H22N2O5S. The van der Waals surface area contributed by atoms with Crippen molar-refractivity contribution in [2.24, 2.45) is 0 Å². The van der Waals surface area contributed by atoms with Crippen molar-refractivity contribution in [2.75, 3.05) is 13.7 Å². The highest BCUT2D eigenvalue weighted by Crippen LogP contribution is 2.22. The van der Waals surface area contributed by atoms with Gasteiger partial charge in [0.1, 0.15) is 22.4 Å². The number of rotatable bonds is 8. The fraction of sp³-hybridized carbons (Fsp3) is 0.471. The zero-order valence-corrected chi connectivity index (χ0v) is 15.6. The van der Waals surface area contributed by atoms with Crippen molar-refractivity contribution in [3.05, 3.63) is 39.2 Å². The molecule has 0 saturated carbocycles. The third kappa shape index (κ3) is 4.46. The first-order valence-electron chi connectivity index (χ1n) is 8.04. The number of amides is 1. The quantitative estimate of drug-likeness (QED) is 0.770. The fourth-order valence-electron chi connectivity index (χ4n) is 2.38. The molecular weight excluding hydrogens is 344 g/mol. The molecule has 2 aromatic rings. The van der Waals surface area contributed by atoms with Crippen LogP contribution in [0.25, 0.3) is 0 Å². The molecule has 7 nitrogen and oxygen atoms in total. The first-order chi connectivity index (χ1) is 11.9. The van der Waals surface area contributed by atoms with Crippen LogP contribution in [-0.4, -0.2) is 40.5 Å². The van der Waals surface area contributed by atoms with Gasteiger partial charge in [-0.05, 0) is 13.8 Å². The Morgan fingerprint density at radius 3 is 2.72 bits per heavy atom. The molecule has 0 aliphatic heterocycles. The Labute approximate surface area is 150 Å². The van der Waals surface area contributed by atoms with Gasteiger partial charge in [-0.3, -0.25) is 4.79 Å². The van der Waals surface area contributed by atoms with Gasteiger partial charge in [0.15, 0.2) is 5.76 Å². The molecule has 2 rings (SSSR count). The number of carboxylic acids is 1. The zero-order chi connectivity index (χ0) is 18.6. The van der Waals surface area contributed by atoms with E-state index >= 15 is 0 Å². The van der Waals surface area contributed by atoms with Gasteiger partial charge in [-0.1, -0.05) is 6.92 Å². The number of carboxylic acid groups (broad SMARTS) is 1. The van der Waals surface area contributed by atoms with Crippen LogP contribution in [0, 0.1) is 0 Å². The zero-order valence-electron chi connectivity index (χ0n) is 14.7. The van der Waals surface area contributed by atoms with Crippen LogP contribution in [0.1, 0.15) is 64.2 Å². The first-order valence-corrected chi connectivity index (χ1v) is 8.92. The van der Waals surface area contributed by atoms with Crippen LogP contribution in [0.4, 0.5) is 0 Å². The highest BCUT2D eigenvalue weighted by Gasteiger charge is 2.23. The Morgan fingerprint density at radius 1 is 1.44 bits per heavy atom. The molecule has 0 spiro atoms. The van der Waals surface area contributed by atoms with Gasteiger partial charge in [-0.2, -0.15) is 0 Å². The SMILES string of the molecule is CCOC(C)c1nc(CN(C)C(=O)c2cc(C(=O)O)c(CC)o2)cs1. The van der Waals surface area contributed by atoms with E-state index in [0.29, 0.717) is 25.3 Å². The van der Waals surface area contributed by atoms with Crippen LogP contribution in [0.2, 0.25) is 0 Å². The van der Waals surface area contributed by atoms with E-state index in [1.165, 1.54) is 22.3 Å². The number of nitrogens with zero attached hydrogens (tertiary/aromatic N) is 2. The summed E-state index contributed by atoms with van der Waals surface area (Å²) in [4.78, 5) is 29.6. The lowest BCUT2D eigenvalue weighted by Gasteiger charge is -2.14. The molecule has 8 heteroatoms. The highest BCUT2D eigenvalue weighted by atomic mass is 32.1. The summed E-state index contributed by atoms with van der Waals surface area (Å²) in [5, 5.41) is 11.9. The molecule has 1 N–H and O–H groups in total. The minimum absolute atomic E-state index is 0.0230. The van der Waals surface area contributed by atoms with Crippen molar-refractivity contribution in [2.45, 2.75) is 39.8 Å². The third-order valence-corrected chi connectivity index (χ3v) is 4.71. The molecule has 0 aromatic carbocycles. The molecule has 1 atom stereocenters. The van der Waals surface area contributed by atoms with Crippen LogP contribution in [0.5, 0.6) is 0 Å². The van der Waals surface area contributed by atoms with Crippen LogP contribution < -0.4 is 0 Å². The van der Waals surface area contributed by atoms with Crippen molar-refractivity contribution in [3.8, 4) is 0 Å². The number of carbonyl (C=O) groups excluding carboxylic acids is 1. The lowest BCUT2D eigenvalue weighted by molar-refractivity contribution is 0.0692. The standard InChI is InChI=1S/C17H22N2O5S/c1-5-13-12(17(21)22)7-14(24-13)16(20)19(4)8-11-9-25-15(18-11)10(3)23-6-2/h7,9-10H,5-6,8H2,1-4H3,(H,21,22). The first kappa shape index (κ1) is 19.1. The van der Waals surface area contributed by atoms with Gasteiger partial charge >= 0.3 is 5.97 Å². The largest absolute Gasteiger partial charge is 0.478 e. The molecule has 1 amide bonds. The average molecular weight is 366 g/mol. The van der Waals surface area contributed by atoms with E-state index in [1.807, 2.05) is 19.2 Å². The van der Waals surface area contributed by atoms with Crippen LogP contribution in [-0.2, 0) is 17.7 Å². The van der Waals surface area contributed by atoms with Crippen LogP contribution in [0.15, 0.2) is 15.9 Å². The van der Waals surface area contributed by atoms with Gasteiger partial charge in [-0.15, -0.1) is 11.3 Å². The number of hydrogen-bond acceptors (Lipinski definition) is 6. The van der Waals surface area contributed by atoms with Gasteiger partial charge in [0.2, 0.25) is 0 Å². The second-order valence-corrected chi connectivity index (χ2v) is 6.43. The number of thiazole rings is 1. The van der Waals surface area contributed by atoms with E-state index in [4.69, 9.17) is 14.3 Å². The number of carbonyl (C=O) groups is 2. The molecule has 1 unspecified atom stereocenters. The normalized spacial score (nSPS) is 12.2. The summed E-state index contributed by atoms with van der Waals surface area (Å²) in [6.45, 7) is 6.55. The smallest absolute Gasteiger partial charge is 0.339 e. The van der Waals surface area contributed by atoms with Gasteiger partial charge in [-0.25, -0.2) is 9.78 Å². The summed E-state index contributed by atoms with van der Waals surface area (Å²) in [6.07, 6.45) is 0.323. The lowest BCUT2D eigenvalue weighted by atomic mass is 10.2. The number of aryl methyl sites for hydroxylation is 1. The average Bonchev–Trinajstić information content (AvgIpc) is 3.21. The van der Waals surface area contributed by atoms with Gasteiger partial charge in [0.25, 0.3) is 5.91 Å². The molecule has 0 bridgehead atoms. The Kier molecular flexibility index (Phi) is 6.33. The summed E-state index contributed by atoms with van der Waals surface area (Å²) < 4.78 is 10.9. The molecule has 0 aliphatic carbocycles. The number of hydrogen-bond donors (Lipinski definition) is 1. The van der Waals surface area contributed by atoms with Gasteiger partial charge in [0.05, 0.1) is 12.2 Å². The van der Waals surface area contributed by atoms with Crippen LogP contribution in [0.3, 0.4) is 0 Å². The number of ether oxygens (including phenoxy) is 1. The number of aromatic nitrogens is 1. The molecule has 0 aliphatic rings. The third-order valence-electron chi connectivity index (χ3n) is 3.65. The van der Waals surface area contributed by atoms with Crippen molar-refractivity contribution in [3.63, 3.8) is 0 Å². The maximum absolute atomic E-state index is 12.5. The highest BCUT2D eigenvalue weighted by molar-refractivity contribution is 7.09. The second-order valence-electron chi connectivity index (χ2n) is 5.54. The van der Waals surface area contributed by atoms with Gasteiger partial charge < -0.3 is 19.2 Å². The summed E-state index contributed by atoms with van der Waals surface area (Å²) in [5.74, 6) is -1.16. The van der Waals surface area contributed by atoms with Crippen molar-refractivity contribution in [1.29, 1.82) is 0 Å². The van der Waals surface area contributed by atoms with Gasteiger partial charge in [0, 0.05) is 31.5 Å². The maximum Gasteiger partial charge on any atom is 0.339 e. The minimum Gasteiger partial charge on any atom is -0.478 e. The molecule has 136 valence electrons. The van der Waals surface area contributed by atoms with E-state index in [9.17, 15) is 9.59 Å². The fourth-order valence-corrected chi connectivity index (χ4v) is 3.20. The predicted octanol–water partition coefficient (Wildman–Crippen LogP) is 3.37. The maximum atomic E-state index is 12.5. The molecule has 0 radical (unpaired) electrons. The minimum atomic E-state index is -1.10. The van der Waals surface area contributed by atoms with Crippen molar-refractivity contribution in [1.82, 2.24) is 9.88 Å². The Balaban J connectivity index is 2.09. The Bertz CT molecular complexity index is 752. The Hall–Kier alpha value is -2.19. The summed E-state index contributed by atoms with van der Waals surface area (Å²) in [7, 11) is 1.63. The molecule has 0 saturated heterocycles. The summed E-state index contributed by atoms with van der Waals surface area (Å²) in [6, 6.07) is 1.28. The van der Waals surface area contributed by atoms with Crippen molar-refractivity contribution < 1.29 is 23.8 Å². The molecule has 2 heterocycles. The lowest BCUT2D eigenvalue weighted by Crippen LogP contribution is -2.26. The van der Waals surface area contributed by atoms with E-state index in [1.54, 1.807) is 14.0 Å².